The summed E-state index contributed by atoms with van der Waals surface area (Å²) >= 11 is 0. The van der Waals surface area contributed by atoms with Gasteiger partial charge in [-0.05, 0) is 17.9 Å². The van der Waals surface area contributed by atoms with Gasteiger partial charge in [-0.15, -0.1) is 0 Å². The van der Waals surface area contributed by atoms with Gasteiger partial charge in [-0.2, -0.15) is 4.65 Å². The largest absolute Gasteiger partial charge is 0.206 e. The second kappa shape index (κ2) is 4.43. The van der Waals surface area contributed by atoms with Crippen LogP contribution in [0.1, 0.15) is 18.4 Å². The third-order valence-corrected chi connectivity index (χ3v) is 4.78. The summed E-state index contributed by atoms with van der Waals surface area (Å²) < 4.78 is 0.911. The van der Waals surface area contributed by atoms with Crippen LogP contribution in [0, 0.1) is 11.8 Å². The summed E-state index contributed by atoms with van der Waals surface area (Å²) in [5, 5.41) is 0. The van der Waals surface area contributed by atoms with E-state index in [-0.39, 0.29) is 0 Å². The van der Waals surface area contributed by atoms with Crippen molar-refractivity contribution in [3.63, 3.8) is 0 Å². The molecule has 0 N–H and O–H groups in total. The lowest BCUT2D eigenvalue weighted by atomic mass is 9.76. The van der Waals surface area contributed by atoms with Crippen molar-refractivity contribution in [2.45, 2.75) is 19.3 Å². The third kappa shape index (κ3) is 2.12. The zero-order chi connectivity index (χ0) is 11.7. The van der Waals surface area contributed by atoms with Gasteiger partial charge in [0.15, 0.2) is 0 Å². The predicted octanol–water partition coefficient (Wildman–Crippen LogP) is 2.65. The maximum absolute atomic E-state index is 5.77. The van der Waals surface area contributed by atoms with E-state index in [0.29, 0.717) is 0 Å². The normalized spacial score (nSPS) is 36.1. The smallest absolute Gasteiger partial charge is 0.112 e. The minimum atomic E-state index is 0.819. The molecule has 2 nitrogen and oxygen atoms in total. The van der Waals surface area contributed by atoms with Crippen LogP contribution in [0.3, 0.4) is 0 Å². The number of hydroxylamine groups is 3. The van der Waals surface area contributed by atoms with E-state index >= 15 is 0 Å². The minimum absolute atomic E-state index is 0.819. The lowest BCUT2D eigenvalue weighted by Crippen LogP contribution is -2.61. The van der Waals surface area contributed by atoms with Crippen LogP contribution in [0.25, 0.3) is 0 Å². The number of rotatable bonds is 3. The van der Waals surface area contributed by atoms with Gasteiger partial charge in [0.1, 0.15) is 19.6 Å². The predicted molar refractivity (Wildman–Crippen MR) is 68.2 cm³/mol. The lowest BCUT2D eigenvalue weighted by Gasteiger charge is -2.49. The molecular formula is C15H22NO+. The molecule has 3 aliphatic rings. The number of nitrogens with zero attached hydrogens (tertiary/aromatic N) is 1. The Morgan fingerprint density at radius 3 is 2.53 bits per heavy atom. The molecule has 3 aliphatic heterocycles. The van der Waals surface area contributed by atoms with E-state index in [1.165, 1.54) is 44.5 Å². The van der Waals surface area contributed by atoms with Gasteiger partial charge in [-0.25, -0.2) is 4.84 Å². The van der Waals surface area contributed by atoms with Crippen molar-refractivity contribution >= 4 is 0 Å². The van der Waals surface area contributed by atoms with Gasteiger partial charge in [-0.1, -0.05) is 30.3 Å². The zero-order valence-corrected chi connectivity index (χ0v) is 10.6. The highest BCUT2D eigenvalue weighted by Crippen LogP contribution is 2.39. The molecule has 2 bridgehead atoms. The fraction of sp³-hybridized carbons (Fsp3) is 0.600. The van der Waals surface area contributed by atoms with E-state index in [9.17, 15) is 0 Å². The molecule has 2 heteroatoms. The first kappa shape index (κ1) is 11.2. The molecule has 92 valence electrons. The zero-order valence-electron chi connectivity index (χ0n) is 10.6. The van der Waals surface area contributed by atoms with E-state index in [1.54, 1.807) is 0 Å². The minimum Gasteiger partial charge on any atom is -0.206 e. The molecule has 1 atom stereocenters. The Balaban J connectivity index is 1.72. The van der Waals surface area contributed by atoms with Crippen molar-refractivity contribution in [3.05, 3.63) is 35.9 Å². The third-order valence-electron chi connectivity index (χ3n) is 4.78. The topological polar surface area (TPSA) is 9.23 Å². The summed E-state index contributed by atoms with van der Waals surface area (Å²) in [6.45, 7) is 3.68. The molecule has 3 heterocycles. The van der Waals surface area contributed by atoms with Gasteiger partial charge in [0, 0.05) is 18.8 Å². The SMILES string of the molecule is CO[N+]12CCC(CC1)C(Cc1ccccc1)C2. The van der Waals surface area contributed by atoms with E-state index in [0.717, 1.165) is 16.5 Å². The summed E-state index contributed by atoms with van der Waals surface area (Å²) in [5.74, 6) is 1.75. The Kier molecular flexibility index (Phi) is 2.93. The molecule has 3 fully saturated rings. The highest BCUT2D eigenvalue weighted by atomic mass is 16.7. The maximum Gasteiger partial charge on any atom is 0.112 e. The van der Waals surface area contributed by atoms with Crippen LogP contribution in [0.5, 0.6) is 0 Å². The van der Waals surface area contributed by atoms with Crippen molar-refractivity contribution in [3.8, 4) is 0 Å². The van der Waals surface area contributed by atoms with E-state index in [1.807, 2.05) is 7.11 Å². The van der Waals surface area contributed by atoms with Gasteiger partial charge < -0.3 is 0 Å². The van der Waals surface area contributed by atoms with Crippen LogP contribution in [0.15, 0.2) is 30.3 Å². The summed E-state index contributed by atoms with van der Waals surface area (Å²) in [4.78, 5) is 5.77. The molecule has 0 spiro atoms. The average molecular weight is 232 g/mol. The van der Waals surface area contributed by atoms with Crippen molar-refractivity contribution < 1.29 is 9.48 Å². The van der Waals surface area contributed by atoms with Gasteiger partial charge in [0.25, 0.3) is 0 Å². The maximum atomic E-state index is 5.77. The standard InChI is InChI=1S/C15H22NO/c1-17-16-9-7-14(8-10-16)15(12-16)11-13-5-3-2-4-6-13/h2-6,14-15H,7-12H2,1H3/q+1. The molecule has 17 heavy (non-hydrogen) atoms. The Morgan fingerprint density at radius 2 is 1.88 bits per heavy atom. The monoisotopic (exact) mass is 232 g/mol. The molecule has 0 aromatic heterocycles. The molecule has 3 saturated heterocycles. The van der Waals surface area contributed by atoms with Crippen LogP contribution < -0.4 is 0 Å². The Morgan fingerprint density at radius 1 is 1.18 bits per heavy atom. The molecule has 4 rings (SSSR count). The van der Waals surface area contributed by atoms with Crippen molar-refractivity contribution in [1.82, 2.24) is 0 Å². The molecule has 1 aromatic carbocycles. The summed E-state index contributed by atoms with van der Waals surface area (Å²) in [5.41, 5.74) is 1.49. The first-order valence-corrected chi connectivity index (χ1v) is 6.77. The van der Waals surface area contributed by atoms with Gasteiger partial charge >= 0.3 is 0 Å². The first-order chi connectivity index (χ1) is 8.31. The van der Waals surface area contributed by atoms with E-state index in [4.69, 9.17) is 4.84 Å². The van der Waals surface area contributed by atoms with Crippen LogP contribution in [0.4, 0.5) is 0 Å². The highest BCUT2D eigenvalue weighted by molar-refractivity contribution is 5.15. The molecule has 0 aliphatic carbocycles. The number of benzene rings is 1. The van der Waals surface area contributed by atoms with Crippen LogP contribution in [0.2, 0.25) is 0 Å². The van der Waals surface area contributed by atoms with Crippen molar-refractivity contribution in [2.24, 2.45) is 11.8 Å². The van der Waals surface area contributed by atoms with Crippen molar-refractivity contribution in [1.29, 1.82) is 0 Å². The first-order valence-electron chi connectivity index (χ1n) is 6.77. The molecule has 1 unspecified atom stereocenters. The van der Waals surface area contributed by atoms with Gasteiger partial charge in [-0.3, -0.25) is 0 Å². The van der Waals surface area contributed by atoms with Crippen molar-refractivity contribution in [2.75, 3.05) is 26.7 Å². The fourth-order valence-corrected chi connectivity index (χ4v) is 3.69. The van der Waals surface area contributed by atoms with E-state index in [2.05, 4.69) is 30.3 Å². The molecule has 0 saturated carbocycles. The molecule has 0 amide bonds. The van der Waals surface area contributed by atoms with Gasteiger partial charge in [0.05, 0.1) is 7.11 Å². The summed E-state index contributed by atoms with van der Waals surface area (Å²) in [6.07, 6.45) is 3.94. The number of hydrogen-bond donors (Lipinski definition) is 0. The highest BCUT2D eigenvalue weighted by Gasteiger charge is 2.46. The number of fused-ring (bicyclic) bond motifs is 3. The second-order valence-corrected chi connectivity index (χ2v) is 5.66. The Hall–Kier alpha value is -0.860. The van der Waals surface area contributed by atoms with Crippen LogP contribution in [-0.2, 0) is 11.3 Å². The molecule has 0 radical (unpaired) electrons. The molecule has 1 aromatic rings. The van der Waals surface area contributed by atoms with Gasteiger partial charge in [0.2, 0.25) is 0 Å². The average Bonchev–Trinajstić information content (AvgIpc) is 2.41. The summed E-state index contributed by atoms with van der Waals surface area (Å²) in [7, 11) is 1.88. The number of quaternary nitrogens is 1. The number of piperidine rings is 3. The summed E-state index contributed by atoms with van der Waals surface area (Å²) in [6, 6.07) is 10.9. The van der Waals surface area contributed by atoms with E-state index < -0.39 is 0 Å². The quantitative estimate of drug-likeness (QED) is 0.728. The molecular weight excluding hydrogens is 210 g/mol. The second-order valence-electron chi connectivity index (χ2n) is 5.66. The number of hydrogen-bond acceptors (Lipinski definition) is 1. The van der Waals surface area contributed by atoms with Crippen LogP contribution >= 0.6 is 0 Å². The van der Waals surface area contributed by atoms with Crippen LogP contribution in [-0.4, -0.2) is 31.4 Å². The Bertz CT molecular complexity index is 368. The lowest BCUT2D eigenvalue weighted by molar-refractivity contribution is -1.11. The Labute approximate surface area is 104 Å². The fourth-order valence-electron chi connectivity index (χ4n) is 3.69.